The van der Waals surface area contributed by atoms with E-state index < -0.39 is 5.97 Å². The topological polar surface area (TPSA) is 40.5 Å². The minimum absolute atomic E-state index is 0.218. The summed E-state index contributed by atoms with van der Waals surface area (Å²) in [5, 5.41) is 8.76. The summed E-state index contributed by atoms with van der Waals surface area (Å²) >= 11 is 0. The third-order valence-corrected chi connectivity index (χ3v) is 3.00. The monoisotopic (exact) mass is 249 g/mol. The number of hydrogen-bond donors (Lipinski definition) is 1. The Morgan fingerprint density at radius 3 is 2.44 bits per heavy atom. The largest absolute Gasteiger partial charge is 0.481 e. The predicted octanol–water partition coefficient (Wildman–Crippen LogP) is 3.07. The van der Waals surface area contributed by atoms with Crippen LogP contribution in [0.5, 0.6) is 0 Å². The number of hydrogen-bond acceptors (Lipinski definition) is 2. The molecular formula is C15H23NO2. The Kier molecular flexibility index (Phi) is 6.44. The number of nitrogens with zero attached hydrogens (tertiary/aromatic N) is 1. The van der Waals surface area contributed by atoms with E-state index in [1.54, 1.807) is 0 Å². The van der Waals surface area contributed by atoms with Gasteiger partial charge in [0, 0.05) is 13.1 Å². The van der Waals surface area contributed by atoms with E-state index in [-0.39, 0.29) is 6.42 Å². The van der Waals surface area contributed by atoms with Crippen molar-refractivity contribution in [1.82, 2.24) is 4.90 Å². The molecule has 0 aliphatic heterocycles. The van der Waals surface area contributed by atoms with Gasteiger partial charge in [0.1, 0.15) is 0 Å². The van der Waals surface area contributed by atoms with Crippen LogP contribution in [0.1, 0.15) is 37.3 Å². The van der Waals surface area contributed by atoms with Crippen molar-refractivity contribution < 1.29 is 9.90 Å². The lowest BCUT2D eigenvalue weighted by molar-refractivity contribution is -0.137. The van der Waals surface area contributed by atoms with Crippen LogP contribution in [-0.2, 0) is 11.3 Å². The van der Waals surface area contributed by atoms with Gasteiger partial charge >= 0.3 is 5.97 Å². The molecular weight excluding hydrogens is 226 g/mol. The van der Waals surface area contributed by atoms with E-state index in [0.717, 1.165) is 25.9 Å². The number of carboxylic acids is 1. The lowest BCUT2D eigenvalue weighted by atomic mass is 10.1. The van der Waals surface area contributed by atoms with Crippen molar-refractivity contribution in [2.45, 2.75) is 39.7 Å². The molecule has 0 saturated carbocycles. The van der Waals surface area contributed by atoms with Gasteiger partial charge in [-0.2, -0.15) is 0 Å². The van der Waals surface area contributed by atoms with E-state index >= 15 is 0 Å². The van der Waals surface area contributed by atoms with Gasteiger partial charge in [-0.3, -0.25) is 9.69 Å². The third-order valence-electron chi connectivity index (χ3n) is 3.00. The number of aliphatic carboxylic acids is 1. The zero-order valence-corrected chi connectivity index (χ0v) is 11.4. The quantitative estimate of drug-likeness (QED) is 0.769. The molecule has 1 aromatic carbocycles. The first-order valence-corrected chi connectivity index (χ1v) is 6.61. The van der Waals surface area contributed by atoms with Crippen LogP contribution >= 0.6 is 0 Å². The molecule has 3 heteroatoms. The highest BCUT2D eigenvalue weighted by Gasteiger charge is 2.07. The van der Waals surface area contributed by atoms with Gasteiger partial charge in [-0.25, -0.2) is 0 Å². The SMILES string of the molecule is CCCCN(CCC(=O)O)Cc1ccc(C)cc1. The molecule has 0 spiro atoms. The molecule has 0 aliphatic rings. The third kappa shape index (κ3) is 5.82. The van der Waals surface area contributed by atoms with Crippen molar-refractivity contribution in [2.75, 3.05) is 13.1 Å². The molecule has 3 nitrogen and oxygen atoms in total. The number of rotatable bonds is 8. The predicted molar refractivity (Wildman–Crippen MR) is 73.6 cm³/mol. The van der Waals surface area contributed by atoms with E-state index in [0.29, 0.717) is 6.54 Å². The van der Waals surface area contributed by atoms with E-state index in [2.05, 4.69) is 43.0 Å². The van der Waals surface area contributed by atoms with Gasteiger partial charge in [0.15, 0.2) is 0 Å². The standard InChI is InChI=1S/C15H23NO2/c1-3-4-10-16(11-9-15(17)18)12-14-7-5-13(2)6-8-14/h5-8H,3-4,9-12H2,1-2H3,(H,17,18). The minimum atomic E-state index is -0.722. The maximum atomic E-state index is 10.6. The number of aryl methyl sites for hydroxylation is 1. The molecule has 0 radical (unpaired) electrons. The Hall–Kier alpha value is -1.35. The summed E-state index contributed by atoms with van der Waals surface area (Å²) in [7, 11) is 0. The number of carboxylic acid groups (broad SMARTS) is 1. The lowest BCUT2D eigenvalue weighted by Crippen LogP contribution is -2.27. The molecule has 0 bridgehead atoms. The average Bonchev–Trinajstić information content (AvgIpc) is 2.35. The van der Waals surface area contributed by atoms with E-state index in [4.69, 9.17) is 5.11 Å². The highest BCUT2D eigenvalue weighted by Crippen LogP contribution is 2.08. The van der Waals surface area contributed by atoms with Gasteiger partial charge in [-0.15, -0.1) is 0 Å². The van der Waals surface area contributed by atoms with E-state index in [1.807, 2.05) is 0 Å². The summed E-state index contributed by atoms with van der Waals surface area (Å²) in [6, 6.07) is 8.44. The van der Waals surface area contributed by atoms with Crippen LogP contribution in [0.15, 0.2) is 24.3 Å². The van der Waals surface area contributed by atoms with Crippen LogP contribution in [0.4, 0.5) is 0 Å². The van der Waals surface area contributed by atoms with Gasteiger partial charge in [-0.1, -0.05) is 43.2 Å². The summed E-state index contributed by atoms with van der Waals surface area (Å²) in [5.41, 5.74) is 2.51. The molecule has 0 atom stereocenters. The Morgan fingerprint density at radius 1 is 1.22 bits per heavy atom. The Balaban J connectivity index is 2.53. The fourth-order valence-corrected chi connectivity index (χ4v) is 1.86. The summed E-state index contributed by atoms with van der Waals surface area (Å²) in [4.78, 5) is 12.9. The van der Waals surface area contributed by atoms with Crippen molar-refractivity contribution in [1.29, 1.82) is 0 Å². The van der Waals surface area contributed by atoms with Crippen LogP contribution in [0.2, 0.25) is 0 Å². The van der Waals surface area contributed by atoms with Crippen molar-refractivity contribution in [3.63, 3.8) is 0 Å². The van der Waals surface area contributed by atoms with Gasteiger partial charge in [0.25, 0.3) is 0 Å². The number of benzene rings is 1. The van der Waals surface area contributed by atoms with Gasteiger partial charge in [-0.05, 0) is 25.5 Å². The van der Waals surface area contributed by atoms with Crippen LogP contribution < -0.4 is 0 Å². The molecule has 0 fully saturated rings. The molecule has 0 saturated heterocycles. The molecule has 0 unspecified atom stereocenters. The normalized spacial score (nSPS) is 10.8. The second kappa shape index (κ2) is 7.88. The first kappa shape index (κ1) is 14.7. The van der Waals surface area contributed by atoms with E-state index in [9.17, 15) is 4.79 Å². The molecule has 1 N–H and O–H groups in total. The average molecular weight is 249 g/mol. The fraction of sp³-hybridized carbons (Fsp3) is 0.533. The Morgan fingerprint density at radius 2 is 1.89 bits per heavy atom. The summed E-state index contributed by atoms with van der Waals surface area (Å²) in [6.45, 7) is 6.67. The maximum Gasteiger partial charge on any atom is 0.304 e. The molecule has 1 rings (SSSR count). The second-order valence-electron chi connectivity index (χ2n) is 4.76. The van der Waals surface area contributed by atoms with Crippen LogP contribution in [0, 0.1) is 6.92 Å². The number of unbranched alkanes of at least 4 members (excludes halogenated alkanes) is 1. The summed E-state index contributed by atoms with van der Waals surface area (Å²) in [5.74, 6) is -0.722. The fourth-order valence-electron chi connectivity index (χ4n) is 1.86. The zero-order valence-electron chi connectivity index (χ0n) is 11.4. The zero-order chi connectivity index (χ0) is 13.4. The molecule has 0 heterocycles. The molecule has 0 aromatic heterocycles. The first-order valence-electron chi connectivity index (χ1n) is 6.61. The minimum Gasteiger partial charge on any atom is -0.481 e. The number of carbonyl (C=O) groups is 1. The van der Waals surface area contributed by atoms with Gasteiger partial charge < -0.3 is 5.11 Å². The van der Waals surface area contributed by atoms with Gasteiger partial charge in [0.05, 0.1) is 6.42 Å². The highest BCUT2D eigenvalue weighted by molar-refractivity contribution is 5.66. The highest BCUT2D eigenvalue weighted by atomic mass is 16.4. The van der Waals surface area contributed by atoms with Gasteiger partial charge in [0.2, 0.25) is 0 Å². The van der Waals surface area contributed by atoms with Crippen molar-refractivity contribution in [3.8, 4) is 0 Å². The first-order chi connectivity index (χ1) is 8.61. The molecule has 0 aliphatic carbocycles. The molecule has 100 valence electrons. The van der Waals surface area contributed by atoms with E-state index in [1.165, 1.54) is 11.1 Å². The Labute approximate surface area is 109 Å². The van der Waals surface area contributed by atoms with Crippen LogP contribution in [-0.4, -0.2) is 29.1 Å². The molecule has 18 heavy (non-hydrogen) atoms. The summed E-state index contributed by atoms with van der Waals surface area (Å²) in [6.07, 6.45) is 2.47. The molecule has 0 amide bonds. The van der Waals surface area contributed by atoms with Crippen molar-refractivity contribution >= 4 is 5.97 Å². The van der Waals surface area contributed by atoms with Crippen LogP contribution in [0.3, 0.4) is 0 Å². The summed E-state index contributed by atoms with van der Waals surface area (Å²) < 4.78 is 0. The molecule has 1 aromatic rings. The van der Waals surface area contributed by atoms with Crippen molar-refractivity contribution in [2.24, 2.45) is 0 Å². The van der Waals surface area contributed by atoms with Crippen molar-refractivity contribution in [3.05, 3.63) is 35.4 Å². The maximum absolute atomic E-state index is 10.6. The Bertz CT molecular complexity index is 359. The second-order valence-corrected chi connectivity index (χ2v) is 4.76. The van der Waals surface area contributed by atoms with Crippen LogP contribution in [0.25, 0.3) is 0 Å². The smallest absolute Gasteiger partial charge is 0.304 e. The lowest BCUT2D eigenvalue weighted by Gasteiger charge is -2.21.